The van der Waals surface area contributed by atoms with Crippen LogP contribution >= 0.6 is 11.6 Å². The van der Waals surface area contributed by atoms with Crippen LogP contribution in [0, 0.1) is 11.6 Å². The van der Waals surface area contributed by atoms with Crippen LogP contribution in [0.3, 0.4) is 0 Å². The Bertz CT molecular complexity index is 459. The van der Waals surface area contributed by atoms with Crippen LogP contribution in [-0.4, -0.2) is 20.1 Å². The summed E-state index contributed by atoms with van der Waals surface area (Å²) in [6, 6.07) is 3.13. The van der Waals surface area contributed by atoms with Crippen LogP contribution in [0.15, 0.2) is 18.2 Å². The molecule has 17 heavy (non-hydrogen) atoms. The highest BCUT2D eigenvalue weighted by atomic mass is 35.5. The predicted molar refractivity (Wildman–Crippen MR) is 63.7 cm³/mol. The first-order chi connectivity index (χ1) is 7.96. The molecule has 7 heteroatoms. The number of anilines is 1. The van der Waals surface area contributed by atoms with Crippen molar-refractivity contribution in [3.05, 3.63) is 29.8 Å². The summed E-state index contributed by atoms with van der Waals surface area (Å²) in [6.07, 6.45) is 0.872. The van der Waals surface area contributed by atoms with Crippen LogP contribution in [-0.2, 0) is 10.0 Å². The fourth-order valence-electron chi connectivity index (χ4n) is 1.19. The van der Waals surface area contributed by atoms with Gasteiger partial charge in [0, 0.05) is 5.88 Å². The van der Waals surface area contributed by atoms with E-state index in [1.54, 1.807) is 0 Å². The highest BCUT2D eigenvalue weighted by Gasteiger charge is 2.16. The maximum Gasteiger partial charge on any atom is 0.232 e. The molecule has 1 aromatic carbocycles. The van der Waals surface area contributed by atoms with E-state index < -0.39 is 27.3 Å². The second-order valence-electron chi connectivity index (χ2n) is 3.41. The molecule has 1 rings (SSSR count). The summed E-state index contributed by atoms with van der Waals surface area (Å²) < 4.78 is 51.2. The molecule has 1 aromatic rings. The lowest BCUT2D eigenvalue weighted by Gasteiger charge is -2.09. The van der Waals surface area contributed by atoms with E-state index in [2.05, 4.69) is 0 Å². The van der Waals surface area contributed by atoms with Crippen LogP contribution in [0.4, 0.5) is 14.5 Å². The van der Waals surface area contributed by atoms with Gasteiger partial charge in [-0.25, -0.2) is 17.2 Å². The summed E-state index contributed by atoms with van der Waals surface area (Å²) in [5.41, 5.74) is -0.640. The highest BCUT2D eigenvalue weighted by molar-refractivity contribution is 7.92. The number of benzene rings is 1. The Morgan fingerprint density at radius 1 is 1.18 bits per heavy atom. The van der Waals surface area contributed by atoms with Crippen molar-refractivity contribution in [3.8, 4) is 0 Å². The van der Waals surface area contributed by atoms with Gasteiger partial charge in [-0.15, -0.1) is 11.6 Å². The van der Waals surface area contributed by atoms with E-state index in [-0.39, 0.29) is 5.75 Å². The zero-order chi connectivity index (χ0) is 12.9. The van der Waals surface area contributed by atoms with E-state index >= 15 is 0 Å². The van der Waals surface area contributed by atoms with Gasteiger partial charge in [0.25, 0.3) is 0 Å². The normalized spacial score (nSPS) is 11.5. The molecule has 0 radical (unpaired) electrons. The minimum atomic E-state index is -3.74. The first-order valence-electron chi connectivity index (χ1n) is 4.97. The predicted octanol–water partition coefficient (Wildman–Crippen LogP) is 2.73. The van der Waals surface area contributed by atoms with Crippen molar-refractivity contribution >= 4 is 27.3 Å². The van der Waals surface area contributed by atoms with Crippen molar-refractivity contribution in [1.82, 2.24) is 0 Å². The zero-order valence-electron chi connectivity index (χ0n) is 8.92. The van der Waals surface area contributed by atoms with E-state index in [1.165, 1.54) is 0 Å². The van der Waals surface area contributed by atoms with E-state index in [0.717, 1.165) is 18.2 Å². The summed E-state index contributed by atoms with van der Waals surface area (Å²) in [5.74, 6) is -1.74. The van der Waals surface area contributed by atoms with Crippen molar-refractivity contribution < 1.29 is 17.2 Å². The standard InChI is InChI=1S/C10H12ClF2NO2S/c11-6-1-2-7-17(15,16)14-10-8(12)4-3-5-9(10)13/h3-5,14H,1-2,6-7H2. The van der Waals surface area contributed by atoms with Gasteiger partial charge < -0.3 is 0 Å². The Kier molecular flexibility index (Phi) is 5.14. The lowest BCUT2D eigenvalue weighted by molar-refractivity contribution is 0.581. The first-order valence-corrected chi connectivity index (χ1v) is 7.15. The fourth-order valence-corrected chi connectivity index (χ4v) is 2.57. The molecule has 0 bridgehead atoms. The van der Waals surface area contributed by atoms with Gasteiger partial charge in [-0.1, -0.05) is 6.07 Å². The molecule has 0 aromatic heterocycles. The van der Waals surface area contributed by atoms with Crippen LogP contribution < -0.4 is 4.72 Å². The van der Waals surface area contributed by atoms with Gasteiger partial charge >= 0.3 is 0 Å². The summed E-state index contributed by atoms with van der Waals surface area (Å²) in [5, 5.41) is 0. The van der Waals surface area contributed by atoms with Crippen molar-refractivity contribution in [3.63, 3.8) is 0 Å². The summed E-state index contributed by atoms with van der Waals surface area (Å²) >= 11 is 5.41. The van der Waals surface area contributed by atoms with Gasteiger partial charge in [0.15, 0.2) is 0 Å². The molecule has 0 aliphatic rings. The molecule has 96 valence electrons. The van der Waals surface area contributed by atoms with Gasteiger partial charge in [-0.3, -0.25) is 4.72 Å². The zero-order valence-corrected chi connectivity index (χ0v) is 10.5. The second-order valence-corrected chi connectivity index (χ2v) is 5.63. The van der Waals surface area contributed by atoms with Crippen LogP contribution in [0.2, 0.25) is 0 Å². The number of sulfonamides is 1. The molecular weight excluding hydrogens is 272 g/mol. The van der Waals surface area contributed by atoms with Gasteiger partial charge in [0.1, 0.15) is 17.3 Å². The van der Waals surface area contributed by atoms with Crippen molar-refractivity contribution in [2.24, 2.45) is 0 Å². The molecule has 0 unspecified atom stereocenters. The number of para-hydroxylation sites is 1. The van der Waals surface area contributed by atoms with Gasteiger partial charge in [-0.2, -0.15) is 0 Å². The van der Waals surface area contributed by atoms with E-state index in [0.29, 0.717) is 18.7 Å². The molecule has 0 saturated heterocycles. The van der Waals surface area contributed by atoms with Gasteiger partial charge in [-0.05, 0) is 25.0 Å². The van der Waals surface area contributed by atoms with Crippen LogP contribution in [0.25, 0.3) is 0 Å². The molecule has 0 aliphatic carbocycles. The topological polar surface area (TPSA) is 46.2 Å². The molecule has 0 heterocycles. The number of rotatable bonds is 6. The summed E-state index contributed by atoms with van der Waals surface area (Å²) in [4.78, 5) is 0. The number of unbranched alkanes of at least 4 members (excludes halogenated alkanes) is 1. The smallest absolute Gasteiger partial charge is 0.232 e. The minimum Gasteiger partial charge on any atom is -0.278 e. The third kappa shape index (κ3) is 4.47. The second kappa shape index (κ2) is 6.16. The Morgan fingerprint density at radius 2 is 1.76 bits per heavy atom. The summed E-state index contributed by atoms with van der Waals surface area (Å²) in [7, 11) is -3.74. The minimum absolute atomic E-state index is 0.215. The number of hydrogen-bond acceptors (Lipinski definition) is 2. The monoisotopic (exact) mass is 283 g/mol. The first kappa shape index (κ1) is 14.2. The van der Waals surface area contributed by atoms with Crippen molar-refractivity contribution in [2.45, 2.75) is 12.8 Å². The number of halogens is 3. The number of nitrogens with one attached hydrogen (secondary N) is 1. The van der Waals surface area contributed by atoms with E-state index in [4.69, 9.17) is 11.6 Å². The Hall–Kier alpha value is -0.880. The molecule has 0 amide bonds. The van der Waals surface area contributed by atoms with E-state index in [9.17, 15) is 17.2 Å². The summed E-state index contributed by atoms with van der Waals surface area (Å²) in [6.45, 7) is 0. The maximum absolute atomic E-state index is 13.2. The van der Waals surface area contributed by atoms with Gasteiger partial charge in [0.2, 0.25) is 10.0 Å². The Labute approximate surface area is 104 Å². The van der Waals surface area contributed by atoms with Crippen LogP contribution in [0.5, 0.6) is 0 Å². The third-order valence-electron chi connectivity index (χ3n) is 2.02. The van der Waals surface area contributed by atoms with Crippen molar-refractivity contribution in [1.29, 1.82) is 0 Å². The largest absolute Gasteiger partial charge is 0.278 e. The molecule has 1 N–H and O–H groups in total. The number of alkyl halides is 1. The molecule has 0 spiro atoms. The van der Waals surface area contributed by atoms with Gasteiger partial charge in [0.05, 0.1) is 5.75 Å². The Balaban J connectivity index is 2.76. The average molecular weight is 284 g/mol. The lowest BCUT2D eigenvalue weighted by Crippen LogP contribution is -2.18. The number of hydrogen-bond donors (Lipinski definition) is 1. The molecule has 0 saturated carbocycles. The Morgan fingerprint density at radius 3 is 2.29 bits per heavy atom. The van der Waals surface area contributed by atoms with Crippen molar-refractivity contribution in [2.75, 3.05) is 16.4 Å². The molecule has 0 fully saturated rings. The molecular formula is C10H12ClF2NO2S. The quantitative estimate of drug-likeness (QED) is 0.644. The van der Waals surface area contributed by atoms with Crippen LogP contribution in [0.1, 0.15) is 12.8 Å². The van der Waals surface area contributed by atoms with E-state index in [1.807, 2.05) is 4.72 Å². The average Bonchev–Trinajstić information content (AvgIpc) is 2.24. The molecule has 3 nitrogen and oxygen atoms in total. The lowest BCUT2D eigenvalue weighted by atomic mass is 10.3. The molecule has 0 aliphatic heterocycles. The molecule has 0 atom stereocenters. The fraction of sp³-hybridized carbons (Fsp3) is 0.400. The highest BCUT2D eigenvalue weighted by Crippen LogP contribution is 2.19. The third-order valence-corrected chi connectivity index (χ3v) is 3.63. The maximum atomic E-state index is 13.2. The SMILES string of the molecule is O=S(=O)(CCCCCl)Nc1c(F)cccc1F.